The molecule has 1 saturated heterocycles. The molecule has 1 heterocycles. The van der Waals surface area contributed by atoms with Gasteiger partial charge in [0.1, 0.15) is 0 Å². The number of allylic oxidation sites excluding steroid dienone is 2. The number of fused-ring (bicyclic) bond motifs is 5. The van der Waals surface area contributed by atoms with Crippen LogP contribution in [0, 0.1) is 22.7 Å². The van der Waals surface area contributed by atoms with Gasteiger partial charge >= 0.3 is 0 Å². The molecule has 4 nitrogen and oxygen atoms in total. The van der Waals surface area contributed by atoms with Crippen LogP contribution in [0.3, 0.4) is 0 Å². The lowest BCUT2D eigenvalue weighted by molar-refractivity contribution is -0.146. The summed E-state index contributed by atoms with van der Waals surface area (Å²) in [7, 11) is 0. The Kier molecular flexibility index (Phi) is 5.11. The molecule has 0 aromatic heterocycles. The number of Topliss-reactive ketones (excluding diaryl/α,β-unsaturated/α-hetero) is 1. The molecular weight excluding hydrogens is 446 g/mol. The molecule has 3 aromatic rings. The molecule has 1 saturated carbocycles. The first-order valence-electron chi connectivity index (χ1n) is 12.8. The van der Waals surface area contributed by atoms with Gasteiger partial charge in [0.2, 0.25) is 11.8 Å². The average molecular weight is 476 g/mol. The van der Waals surface area contributed by atoms with Crippen LogP contribution in [0.2, 0.25) is 0 Å². The molecule has 0 N–H and O–H groups in total. The number of benzene rings is 3. The second-order valence-corrected chi connectivity index (χ2v) is 10.2. The Morgan fingerprint density at radius 2 is 1.00 bits per heavy atom. The lowest BCUT2D eigenvalue weighted by Gasteiger charge is -2.38. The average Bonchev–Trinajstić information content (AvgIpc) is 3.42. The van der Waals surface area contributed by atoms with E-state index in [0.29, 0.717) is 12.8 Å². The van der Waals surface area contributed by atoms with Crippen LogP contribution in [0.15, 0.2) is 91.0 Å². The van der Waals surface area contributed by atoms with E-state index >= 15 is 0 Å². The van der Waals surface area contributed by atoms with Gasteiger partial charge in [-0.3, -0.25) is 19.3 Å². The van der Waals surface area contributed by atoms with Gasteiger partial charge in [-0.1, -0.05) is 105 Å². The smallest absolute Gasteiger partial charge is 0.234 e. The van der Waals surface area contributed by atoms with E-state index < -0.39 is 22.7 Å². The molecule has 2 bridgehead atoms. The maximum Gasteiger partial charge on any atom is 0.234 e. The summed E-state index contributed by atoms with van der Waals surface area (Å²) in [6.45, 7) is 4.23. The standard InChI is InChI=1S/C32H29NO3/c1-3-31-24(22-16-10-6-11-17-22)25(23-18-12-7-13-19-23)32(4-2,30(31)36)27-26(31)28(34)33(29(27)35)20-21-14-8-5-9-15-21/h5-19,26-27H,3-4,20H2,1-2H3/t26-,27-,31-,32+/m1/s1. The Bertz CT molecular complexity index is 1310. The molecule has 1 aliphatic heterocycles. The third-order valence-electron chi connectivity index (χ3n) is 8.84. The zero-order valence-corrected chi connectivity index (χ0v) is 20.6. The highest BCUT2D eigenvalue weighted by Crippen LogP contribution is 2.75. The SMILES string of the molecule is CC[C@]12C(=O)[C@](CC)(C(c3ccccc3)=C1c1ccccc1)[C@H]1C(=O)N(Cc3ccccc3)C(=O)[C@@H]12. The number of carbonyl (C=O) groups excluding carboxylic acids is 3. The second-order valence-electron chi connectivity index (χ2n) is 10.2. The number of nitrogens with zero attached hydrogens (tertiary/aromatic N) is 1. The first-order chi connectivity index (χ1) is 17.5. The van der Waals surface area contributed by atoms with Crippen LogP contribution in [-0.4, -0.2) is 22.5 Å². The maximum atomic E-state index is 14.6. The summed E-state index contributed by atoms with van der Waals surface area (Å²) < 4.78 is 0. The van der Waals surface area contributed by atoms with Crippen LogP contribution < -0.4 is 0 Å². The molecular formula is C32H29NO3. The van der Waals surface area contributed by atoms with Crippen molar-refractivity contribution >= 4 is 28.7 Å². The minimum absolute atomic E-state index is 0.0498. The third-order valence-corrected chi connectivity index (χ3v) is 8.84. The molecule has 0 radical (unpaired) electrons. The zero-order valence-electron chi connectivity index (χ0n) is 20.6. The van der Waals surface area contributed by atoms with Crippen LogP contribution in [0.4, 0.5) is 0 Å². The monoisotopic (exact) mass is 475 g/mol. The van der Waals surface area contributed by atoms with E-state index in [0.717, 1.165) is 27.8 Å². The summed E-state index contributed by atoms with van der Waals surface area (Å²) in [5.74, 6) is -1.71. The number of imide groups is 1. The number of rotatable bonds is 6. The molecule has 2 aliphatic carbocycles. The van der Waals surface area contributed by atoms with E-state index in [1.807, 2.05) is 105 Å². The number of carbonyl (C=O) groups is 3. The van der Waals surface area contributed by atoms with Gasteiger partial charge in [-0.05, 0) is 40.7 Å². The van der Waals surface area contributed by atoms with Crippen LogP contribution in [0.25, 0.3) is 11.1 Å². The number of hydrogen-bond acceptors (Lipinski definition) is 3. The Morgan fingerprint density at radius 3 is 1.39 bits per heavy atom. The molecule has 4 heteroatoms. The summed E-state index contributed by atoms with van der Waals surface area (Å²) >= 11 is 0. The van der Waals surface area contributed by atoms with Crippen molar-refractivity contribution in [1.29, 1.82) is 0 Å². The van der Waals surface area contributed by atoms with Gasteiger partial charge in [-0.25, -0.2) is 0 Å². The topological polar surface area (TPSA) is 54.5 Å². The van der Waals surface area contributed by atoms with Gasteiger partial charge in [0.25, 0.3) is 0 Å². The fourth-order valence-electron chi connectivity index (χ4n) is 7.43. The van der Waals surface area contributed by atoms with Gasteiger partial charge < -0.3 is 0 Å². The summed E-state index contributed by atoms with van der Waals surface area (Å²) in [5, 5.41) is 0. The number of amides is 2. The molecule has 36 heavy (non-hydrogen) atoms. The highest BCUT2D eigenvalue weighted by Gasteiger charge is 2.80. The van der Waals surface area contributed by atoms with Crippen molar-refractivity contribution in [3.05, 3.63) is 108 Å². The molecule has 3 aromatic carbocycles. The predicted octanol–water partition coefficient (Wildman–Crippen LogP) is 5.79. The number of ketones is 1. The van der Waals surface area contributed by atoms with Gasteiger partial charge in [0, 0.05) is 0 Å². The number of hydrogen-bond donors (Lipinski definition) is 0. The second kappa shape index (κ2) is 8.12. The van der Waals surface area contributed by atoms with Crippen molar-refractivity contribution in [2.75, 3.05) is 0 Å². The molecule has 0 spiro atoms. The lowest BCUT2D eigenvalue weighted by atomic mass is 9.60. The van der Waals surface area contributed by atoms with E-state index in [1.54, 1.807) is 0 Å². The van der Waals surface area contributed by atoms with E-state index in [2.05, 4.69) is 0 Å². The van der Waals surface area contributed by atoms with Crippen LogP contribution in [0.5, 0.6) is 0 Å². The minimum Gasteiger partial charge on any atom is -0.298 e. The van der Waals surface area contributed by atoms with E-state index in [4.69, 9.17) is 0 Å². The molecule has 4 atom stereocenters. The molecule has 3 aliphatic rings. The highest BCUT2D eigenvalue weighted by atomic mass is 16.2. The van der Waals surface area contributed by atoms with Crippen molar-refractivity contribution in [3.63, 3.8) is 0 Å². The quantitative estimate of drug-likeness (QED) is 0.424. The predicted molar refractivity (Wildman–Crippen MR) is 139 cm³/mol. The maximum absolute atomic E-state index is 14.6. The van der Waals surface area contributed by atoms with E-state index in [1.165, 1.54) is 4.90 Å². The molecule has 0 unspecified atom stereocenters. The van der Waals surface area contributed by atoms with Crippen LogP contribution in [0.1, 0.15) is 43.4 Å². The molecule has 6 rings (SSSR count). The van der Waals surface area contributed by atoms with E-state index in [-0.39, 0.29) is 24.1 Å². The normalized spacial score (nSPS) is 28.8. The fourth-order valence-corrected chi connectivity index (χ4v) is 7.43. The minimum atomic E-state index is -1.02. The summed E-state index contributed by atoms with van der Waals surface area (Å²) in [6.07, 6.45) is 0.959. The summed E-state index contributed by atoms with van der Waals surface area (Å²) in [5.41, 5.74) is 2.66. The summed E-state index contributed by atoms with van der Waals surface area (Å²) in [6, 6.07) is 29.6. The number of likely N-dealkylation sites (tertiary alicyclic amines) is 1. The Morgan fingerprint density at radius 1 is 0.611 bits per heavy atom. The van der Waals surface area contributed by atoms with Crippen molar-refractivity contribution in [3.8, 4) is 0 Å². The van der Waals surface area contributed by atoms with Crippen molar-refractivity contribution < 1.29 is 14.4 Å². The first-order valence-corrected chi connectivity index (χ1v) is 12.8. The van der Waals surface area contributed by atoms with Crippen LogP contribution >= 0.6 is 0 Å². The van der Waals surface area contributed by atoms with Crippen molar-refractivity contribution in [2.24, 2.45) is 22.7 Å². The Balaban J connectivity index is 1.62. The largest absolute Gasteiger partial charge is 0.298 e. The molecule has 2 fully saturated rings. The highest BCUT2D eigenvalue weighted by molar-refractivity contribution is 6.29. The Hall–Kier alpha value is -3.79. The first kappa shape index (κ1) is 22.7. The van der Waals surface area contributed by atoms with Gasteiger partial charge in [0.15, 0.2) is 5.78 Å². The van der Waals surface area contributed by atoms with Crippen molar-refractivity contribution in [2.45, 2.75) is 33.2 Å². The fraction of sp³-hybridized carbons (Fsp3) is 0.281. The van der Waals surface area contributed by atoms with E-state index in [9.17, 15) is 14.4 Å². The summed E-state index contributed by atoms with van der Waals surface area (Å²) in [4.78, 5) is 44.3. The zero-order chi connectivity index (χ0) is 25.1. The van der Waals surface area contributed by atoms with Crippen molar-refractivity contribution in [1.82, 2.24) is 4.90 Å². The van der Waals surface area contributed by atoms with Crippen LogP contribution in [-0.2, 0) is 20.9 Å². The molecule has 180 valence electrons. The Labute approximate surface area is 211 Å². The van der Waals surface area contributed by atoms with Gasteiger partial charge in [-0.2, -0.15) is 0 Å². The molecule has 2 amide bonds. The third kappa shape index (κ3) is 2.67. The lowest BCUT2D eigenvalue weighted by Crippen LogP contribution is -2.41. The van der Waals surface area contributed by atoms with Gasteiger partial charge in [0.05, 0.1) is 29.2 Å². The van der Waals surface area contributed by atoms with Gasteiger partial charge in [-0.15, -0.1) is 0 Å².